The maximum Gasteiger partial charge on any atom is 0.252 e. The molecule has 514 valence electrons. The van der Waals surface area contributed by atoms with Crippen LogP contribution in [0, 0.1) is 0 Å². The zero-order valence-corrected chi connectivity index (χ0v) is 61.7. The Morgan fingerprint density at radius 2 is 0.648 bits per heavy atom. The summed E-state index contributed by atoms with van der Waals surface area (Å²) < 4.78 is 170. The molecule has 19 rings (SSSR count). The van der Waals surface area contributed by atoms with Crippen molar-refractivity contribution < 1.29 is 30.8 Å². The van der Waals surface area contributed by atoms with Gasteiger partial charge >= 0.3 is 0 Å². The molecule has 7 heteroatoms. The zero-order chi connectivity index (χ0) is 86.2. The minimum Gasteiger partial charge on any atom is -0.454 e. The minimum absolute atomic E-state index is 0.0614. The third-order valence-corrected chi connectivity index (χ3v) is 21.9. The van der Waals surface area contributed by atoms with E-state index < -0.39 is 103 Å². The molecular weight excluding hydrogens is 1280 g/mol. The fraction of sp³-hybridized carbons (Fsp3) is 0.204. The van der Waals surface area contributed by atoms with Gasteiger partial charge in [-0.25, -0.2) is 0 Å². The smallest absolute Gasteiger partial charge is 0.252 e. The second-order valence-electron chi connectivity index (χ2n) is 33.8. The Labute approximate surface area is 638 Å². The standard InChI is InChI=1S/C98H87BN4O2/c1-94(2,3)61-48-58(49-62(54-61)95(4,5)6)59-52-87-89-88(53-59)103(84-43-27-36-75-73-34-25-37-76(98(13,14)15)91(73)105-93(75)84)86-57-66(101-81-40-22-18-30-70(81)71-31-19-23-41-82(71)101)45-47-78(86)99(89)77-46-44-65(100-79-38-20-16-28-68(79)69-29-17-21-39-80(69)100)56-85(77)102(87)83-42-26-35-74-72-33-24-32-67(90(72)104-92(74)83)60-50-63(96(7,8)9)55-64(51-60)97(10,11)12/h16-57H,1-15H3/i16D,17D,18D,19D,20D,21D,22D,23D,28D,29D,30D,31D,38D,39D,40D,41D. The number of hydrogen-bond acceptors (Lipinski definition) is 4. The molecule has 0 amide bonds. The van der Waals surface area contributed by atoms with Crippen molar-refractivity contribution in [3.05, 3.63) is 282 Å². The van der Waals surface area contributed by atoms with Crippen LogP contribution in [-0.4, -0.2) is 15.8 Å². The van der Waals surface area contributed by atoms with Crippen LogP contribution in [0.15, 0.2) is 263 Å². The topological polar surface area (TPSA) is 42.6 Å². The summed E-state index contributed by atoms with van der Waals surface area (Å²) in [7, 11) is 0. The minimum atomic E-state index is -0.790. The molecule has 6 nitrogen and oxygen atoms in total. The first kappa shape index (κ1) is 49.4. The molecule has 2 aliphatic rings. The molecule has 0 N–H and O–H groups in total. The summed E-state index contributed by atoms with van der Waals surface area (Å²) in [4.78, 5) is 4.42. The van der Waals surface area contributed by atoms with Crippen LogP contribution in [-0.2, 0) is 27.1 Å². The summed E-state index contributed by atoms with van der Waals surface area (Å²) in [5.74, 6) is 0. The number of anilines is 6. The summed E-state index contributed by atoms with van der Waals surface area (Å²) in [6.45, 7) is 32.2. The van der Waals surface area contributed by atoms with Crippen molar-refractivity contribution in [2.24, 2.45) is 0 Å². The lowest BCUT2D eigenvalue weighted by Crippen LogP contribution is -2.61. The van der Waals surface area contributed by atoms with E-state index in [9.17, 15) is 16.4 Å². The first-order valence-electron chi connectivity index (χ1n) is 44.2. The predicted octanol–water partition coefficient (Wildman–Crippen LogP) is 25.6. The van der Waals surface area contributed by atoms with Crippen LogP contribution in [0.4, 0.5) is 34.1 Å². The van der Waals surface area contributed by atoms with Gasteiger partial charge in [0.15, 0.2) is 11.2 Å². The second kappa shape index (κ2) is 22.6. The summed E-state index contributed by atoms with van der Waals surface area (Å²) in [6.07, 6.45) is 0. The van der Waals surface area contributed by atoms with Gasteiger partial charge in [-0.15, -0.1) is 0 Å². The molecule has 4 aromatic heterocycles. The van der Waals surface area contributed by atoms with Crippen LogP contribution in [0.3, 0.4) is 0 Å². The molecule has 0 atom stereocenters. The van der Waals surface area contributed by atoms with E-state index in [2.05, 4.69) is 211 Å². The molecule has 0 aliphatic carbocycles. The number of benzene rings is 13. The number of hydrogen-bond donors (Lipinski definition) is 0. The van der Waals surface area contributed by atoms with Crippen LogP contribution in [0.2, 0.25) is 0 Å². The molecule has 0 unspecified atom stereocenters. The lowest BCUT2D eigenvalue weighted by Gasteiger charge is -2.44. The van der Waals surface area contributed by atoms with Gasteiger partial charge in [0.2, 0.25) is 0 Å². The Morgan fingerprint density at radius 3 is 1.06 bits per heavy atom. The van der Waals surface area contributed by atoms with E-state index in [1.807, 2.05) is 60.7 Å². The monoisotopic (exact) mass is 1380 g/mol. The van der Waals surface area contributed by atoms with Gasteiger partial charge in [-0.2, -0.15) is 0 Å². The molecule has 0 radical (unpaired) electrons. The van der Waals surface area contributed by atoms with Crippen LogP contribution in [0.25, 0.3) is 121 Å². The van der Waals surface area contributed by atoms with Gasteiger partial charge in [0.1, 0.15) is 11.2 Å². The third-order valence-electron chi connectivity index (χ3n) is 21.9. The van der Waals surface area contributed by atoms with E-state index in [1.165, 1.54) is 0 Å². The highest BCUT2D eigenvalue weighted by molar-refractivity contribution is 7.00. The summed E-state index contributed by atoms with van der Waals surface area (Å²) >= 11 is 0. The summed E-state index contributed by atoms with van der Waals surface area (Å²) in [5, 5.41) is 3.03. The summed E-state index contributed by atoms with van der Waals surface area (Å²) in [5.41, 5.74) is 16.0. The molecule has 0 fully saturated rings. The normalized spacial score (nSPS) is 15.7. The Morgan fingerprint density at radius 1 is 0.295 bits per heavy atom. The van der Waals surface area contributed by atoms with Crippen molar-refractivity contribution in [3.8, 4) is 33.6 Å². The van der Waals surface area contributed by atoms with Crippen molar-refractivity contribution in [1.29, 1.82) is 0 Å². The maximum absolute atomic E-state index is 9.86. The SMILES string of the molecule is [2H]c1c([2H])c([2H])c2c(c1[2H])c1c([2H])c([2H])c([2H])c([2H])c1n2-c1ccc2c(c1)N(c1cccc3c1oc1c(-c4cc(C(C)(C)C)cc(C(C)(C)C)c4)cccc13)c1cc(-c3cc(C(C)(C)C)cc(C(C)(C)C)c3)cc3c1B2c1ccc(-n2c4c([2H])c([2H])c([2H])c([2H])c4c4c([2H])c([2H])c([2H])c([2H])c42)cc1N3c1cccc2c1oc1c(C(C)(C)C)cccc12. The fourth-order valence-electron chi connectivity index (χ4n) is 16.4. The number of fused-ring (bicyclic) bond motifs is 16. The molecule has 13 aromatic carbocycles. The molecular formula is C98H87BN4O2. The largest absolute Gasteiger partial charge is 0.454 e. The van der Waals surface area contributed by atoms with Gasteiger partial charge in [0, 0.05) is 88.3 Å². The number of para-hydroxylation sites is 8. The number of nitrogens with zero attached hydrogens (tertiary/aromatic N) is 4. The van der Waals surface area contributed by atoms with Gasteiger partial charge in [-0.1, -0.05) is 286 Å². The van der Waals surface area contributed by atoms with Crippen LogP contribution < -0.4 is 26.2 Å². The van der Waals surface area contributed by atoms with Crippen molar-refractivity contribution in [2.45, 2.75) is 131 Å². The van der Waals surface area contributed by atoms with Gasteiger partial charge in [0.25, 0.3) is 6.71 Å². The van der Waals surface area contributed by atoms with Crippen LogP contribution in [0.5, 0.6) is 0 Å². The molecule has 6 heterocycles. The van der Waals surface area contributed by atoms with Crippen molar-refractivity contribution in [1.82, 2.24) is 9.13 Å². The Bertz CT molecular complexity index is 7320. The molecule has 17 aromatic rings. The van der Waals surface area contributed by atoms with Crippen molar-refractivity contribution in [2.75, 3.05) is 9.80 Å². The second-order valence-corrected chi connectivity index (χ2v) is 33.8. The van der Waals surface area contributed by atoms with E-state index in [0.29, 0.717) is 78.8 Å². The van der Waals surface area contributed by atoms with E-state index >= 15 is 0 Å². The average molecular weight is 1380 g/mol. The van der Waals surface area contributed by atoms with E-state index in [4.69, 9.17) is 14.3 Å². The molecule has 2 aliphatic heterocycles. The van der Waals surface area contributed by atoms with Gasteiger partial charge in [-0.05, 0) is 155 Å². The number of furan rings is 2. The highest BCUT2D eigenvalue weighted by atomic mass is 16.3. The molecule has 0 saturated carbocycles. The van der Waals surface area contributed by atoms with E-state index in [1.54, 1.807) is 9.13 Å². The van der Waals surface area contributed by atoms with Gasteiger partial charge in [0.05, 0.1) is 55.4 Å². The lowest BCUT2D eigenvalue weighted by atomic mass is 9.33. The van der Waals surface area contributed by atoms with E-state index in [-0.39, 0.29) is 70.7 Å². The highest BCUT2D eigenvalue weighted by Gasteiger charge is 2.46. The highest BCUT2D eigenvalue weighted by Crippen LogP contribution is 2.53. The Balaban J connectivity index is 1.01. The van der Waals surface area contributed by atoms with E-state index in [0.717, 1.165) is 77.1 Å². The van der Waals surface area contributed by atoms with Crippen molar-refractivity contribution >= 4 is 145 Å². The molecule has 0 spiro atoms. The van der Waals surface area contributed by atoms with Crippen molar-refractivity contribution in [3.63, 3.8) is 0 Å². The Kier molecular flexibility index (Phi) is 10.6. The molecule has 105 heavy (non-hydrogen) atoms. The van der Waals surface area contributed by atoms with Gasteiger partial charge in [-0.3, -0.25) is 0 Å². The predicted molar refractivity (Wildman–Crippen MR) is 448 cm³/mol. The van der Waals surface area contributed by atoms with Crippen LogP contribution in [0.1, 0.15) is 154 Å². The Hall–Kier alpha value is -11.3. The maximum atomic E-state index is 9.86. The molecule has 0 bridgehead atoms. The lowest BCUT2D eigenvalue weighted by molar-refractivity contribution is 0.568. The average Bonchev–Trinajstić information content (AvgIpc) is 1.66. The number of rotatable bonds is 6. The zero-order valence-electron chi connectivity index (χ0n) is 77.7. The summed E-state index contributed by atoms with van der Waals surface area (Å²) in [6, 6.07) is 46.0. The quantitative estimate of drug-likeness (QED) is 0.156. The number of aromatic nitrogens is 2. The first-order valence-corrected chi connectivity index (χ1v) is 36.2. The van der Waals surface area contributed by atoms with Gasteiger partial charge < -0.3 is 27.8 Å². The fourth-order valence-corrected chi connectivity index (χ4v) is 16.4. The first-order chi connectivity index (χ1) is 56.9. The van der Waals surface area contributed by atoms with Crippen LogP contribution >= 0.6 is 0 Å². The molecule has 0 saturated heterocycles. The third kappa shape index (κ3) is 9.97.